The number of likely N-dealkylation sites (N-methyl/N-ethyl adjacent to an activating group) is 1. The Balaban J connectivity index is 1.51. The molecule has 1 aromatic carbocycles. The van der Waals surface area contributed by atoms with Crippen LogP contribution in [0.15, 0.2) is 41.0 Å². The van der Waals surface area contributed by atoms with Crippen molar-refractivity contribution in [2.45, 2.75) is 37.9 Å². The zero-order chi connectivity index (χ0) is 17.4. The molecule has 4 rings (SSSR count). The van der Waals surface area contributed by atoms with Gasteiger partial charge in [-0.25, -0.2) is 0 Å². The van der Waals surface area contributed by atoms with Crippen LogP contribution in [0.4, 0.5) is 5.69 Å². The SMILES string of the molecule is CN1CCC(N(C)C(=O)C2=CCC3C=Nc4ccccc4CN23)CC1. The predicted octanol–water partition coefficient (Wildman–Crippen LogP) is 2.41. The second-order valence-corrected chi connectivity index (χ2v) is 7.38. The van der Waals surface area contributed by atoms with Gasteiger partial charge in [-0.1, -0.05) is 24.3 Å². The van der Waals surface area contributed by atoms with E-state index in [0.29, 0.717) is 6.04 Å². The molecule has 3 heterocycles. The summed E-state index contributed by atoms with van der Waals surface area (Å²) in [6.07, 6.45) is 7.07. The quantitative estimate of drug-likeness (QED) is 0.831. The first kappa shape index (κ1) is 16.3. The highest BCUT2D eigenvalue weighted by molar-refractivity contribution is 5.94. The molecule has 1 atom stereocenters. The Morgan fingerprint density at radius 2 is 2.00 bits per heavy atom. The molecule has 0 aromatic heterocycles. The van der Waals surface area contributed by atoms with E-state index in [0.717, 1.165) is 50.3 Å². The topological polar surface area (TPSA) is 39.1 Å². The summed E-state index contributed by atoms with van der Waals surface area (Å²) in [5.74, 6) is 0.157. The van der Waals surface area contributed by atoms with Gasteiger partial charge in [0, 0.05) is 25.8 Å². The second kappa shape index (κ2) is 6.64. The highest BCUT2D eigenvalue weighted by atomic mass is 16.2. The van der Waals surface area contributed by atoms with Crippen molar-refractivity contribution >= 4 is 17.8 Å². The summed E-state index contributed by atoms with van der Waals surface area (Å²) in [7, 11) is 4.11. The maximum atomic E-state index is 13.2. The van der Waals surface area contributed by atoms with Crippen molar-refractivity contribution in [2.75, 3.05) is 27.2 Å². The van der Waals surface area contributed by atoms with Crippen LogP contribution in [0.2, 0.25) is 0 Å². The van der Waals surface area contributed by atoms with Gasteiger partial charge >= 0.3 is 0 Å². The Hall–Kier alpha value is -2.14. The molecule has 3 aliphatic rings. The van der Waals surface area contributed by atoms with Gasteiger partial charge in [0.1, 0.15) is 0 Å². The smallest absolute Gasteiger partial charge is 0.269 e. The van der Waals surface area contributed by atoms with Crippen LogP contribution in [0.3, 0.4) is 0 Å². The normalized spacial score (nSPS) is 23.7. The molecular weight excluding hydrogens is 312 g/mol. The molecule has 3 aliphatic heterocycles. The molecule has 1 saturated heterocycles. The summed E-state index contributed by atoms with van der Waals surface area (Å²) in [5.41, 5.74) is 3.05. The van der Waals surface area contributed by atoms with Gasteiger partial charge in [0.05, 0.1) is 17.4 Å². The van der Waals surface area contributed by atoms with Gasteiger partial charge in [-0.3, -0.25) is 9.79 Å². The first-order chi connectivity index (χ1) is 12.1. The van der Waals surface area contributed by atoms with Crippen LogP contribution in [0.5, 0.6) is 0 Å². The summed E-state index contributed by atoms with van der Waals surface area (Å²) in [4.78, 5) is 24.3. The fourth-order valence-electron chi connectivity index (χ4n) is 4.06. The van der Waals surface area contributed by atoms with Gasteiger partial charge in [0.2, 0.25) is 0 Å². The maximum Gasteiger partial charge on any atom is 0.269 e. The average molecular weight is 338 g/mol. The minimum absolute atomic E-state index is 0.157. The van der Waals surface area contributed by atoms with E-state index in [1.54, 1.807) is 0 Å². The standard InChI is InChI=1S/C20H26N4O/c1-22-11-9-16(10-12-22)23(2)20(25)19-8-7-17-13-21-18-6-4-3-5-15(18)14-24(17)19/h3-6,8,13,16-17H,7,9-12,14H2,1-2H3. The fraction of sp³-hybridized carbons (Fsp3) is 0.500. The largest absolute Gasteiger partial charge is 0.355 e. The molecule has 25 heavy (non-hydrogen) atoms. The Kier molecular flexibility index (Phi) is 4.34. The molecule has 5 heteroatoms. The Morgan fingerprint density at radius 3 is 2.80 bits per heavy atom. The van der Waals surface area contributed by atoms with Crippen LogP contribution >= 0.6 is 0 Å². The summed E-state index contributed by atoms with van der Waals surface area (Å²) in [5, 5.41) is 0. The van der Waals surface area contributed by atoms with Crippen molar-refractivity contribution in [3.63, 3.8) is 0 Å². The number of hydrogen-bond acceptors (Lipinski definition) is 4. The van der Waals surface area contributed by atoms with Crippen LogP contribution in [-0.4, -0.2) is 66.1 Å². The molecule has 1 unspecified atom stereocenters. The van der Waals surface area contributed by atoms with Crippen molar-refractivity contribution in [1.82, 2.24) is 14.7 Å². The molecule has 5 nitrogen and oxygen atoms in total. The van der Waals surface area contributed by atoms with Gasteiger partial charge < -0.3 is 14.7 Å². The van der Waals surface area contributed by atoms with E-state index in [1.807, 2.05) is 36.4 Å². The van der Waals surface area contributed by atoms with E-state index in [-0.39, 0.29) is 11.9 Å². The third kappa shape index (κ3) is 3.09. The number of para-hydroxylation sites is 1. The predicted molar refractivity (Wildman–Crippen MR) is 99.9 cm³/mol. The van der Waals surface area contributed by atoms with E-state index in [4.69, 9.17) is 0 Å². The van der Waals surface area contributed by atoms with Crippen LogP contribution in [0.25, 0.3) is 0 Å². The number of benzene rings is 1. The Bertz CT molecular complexity index is 718. The minimum atomic E-state index is 0.157. The monoisotopic (exact) mass is 338 g/mol. The number of aliphatic imine (C=N–C) groups is 1. The fourth-order valence-corrected chi connectivity index (χ4v) is 4.06. The molecule has 1 fully saturated rings. The zero-order valence-corrected chi connectivity index (χ0v) is 15.1. The lowest BCUT2D eigenvalue weighted by Gasteiger charge is -2.36. The van der Waals surface area contributed by atoms with Crippen molar-refractivity contribution in [1.29, 1.82) is 0 Å². The van der Waals surface area contributed by atoms with Crippen molar-refractivity contribution in [3.05, 3.63) is 41.6 Å². The van der Waals surface area contributed by atoms with Crippen LogP contribution < -0.4 is 0 Å². The number of piperidine rings is 1. The zero-order valence-electron chi connectivity index (χ0n) is 15.1. The Morgan fingerprint density at radius 1 is 1.24 bits per heavy atom. The Labute approximate surface area is 149 Å². The number of amides is 1. The molecule has 0 aliphatic carbocycles. The first-order valence-corrected chi connectivity index (χ1v) is 9.18. The highest BCUT2D eigenvalue weighted by Gasteiger charge is 2.34. The van der Waals surface area contributed by atoms with E-state index >= 15 is 0 Å². The maximum absolute atomic E-state index is 13.2. The summed E-state index contributed by atoms with van der Waals surface area (Å²) < 4.78 is 0. The molecule has 1 amide bonds. The molecule has 0 saturated carbocycles. The van der Waals surface area contributed by atoms with E-state index in [2.05, 4.69) is 34.0 Å². The molecular formula is C20H26N4O. The highest BCUT2D eigenvalue weighted by Crippen LogP contribution is 2.32. The van der Waals surface area contributed by atoms with E-state index in [1.165, 1.54) is 5.56 Å². The van der Waals surface area contributed by atoms with Crippen LogP contribution in [-0.2, 0) is 11.3 Å². The molecule has 0 bridgehead atoms. The molecule has 0 radical (unpaired) electrons. The number of rotatable bonds is 2. The van der Waals surface area contributed by atoms with Crippen LogP contribution in [0, 0.1) is 0 Å². The van der Waals surface area contributed by atoms with Crippen molar-refractivity contribution < 1.29 is 4.79 Å². The summed E-state index contributed by atoms with van der Waals surface area (Å²) in [6, 6.07) is 8.75. The molecule has 0 spiro atoms. The number of carbonyl (C=O) groups is 1. The van der Waals surface area contributed by atoms with E-state index in [9.17, 15) is 4.79 Å². The van der Waals surface area contributed by atoms with Gasteiger partial charge in [0.25, 0.3) is 5.91 Å². The molecule has 132 valence electrons. The second-order valence-electron chi connectivity index (χ2n) is 7.38. The number of hydrogen-bond donors (Lipinski definition) is 0. The first-order valence-electron chi connectivity index (χ1n) is 9.18. The lowest BCUT2D eigenvalue weighted by Crippen LogP contribution is -2.47. The van der Waals surface area contributed by atoms with E-state index < -0.39 is 0 Å². The minimum Gasteiger partial charge on any atom is -0.355 e. The molecule has 1 aromatic rings. The van der Waals surface area contributed by atoms with Gasteiger partial charge in [-0.2, -0.15) is 0 Å². The van der Waals surface area contributed by atoms with Gasteiger partial charge in [0.15, 0.2) is 0 Å². The van der Waals surface area contributed by atoms with Crippen LogP contribution in [0.1, 0.15) is 24.8 Å². The summed E-state index contributed by atoms with van der Waals surface area (Å²) in [6.45, 7) is 2.88. The average Bonchev–Trinajstić information content (AvgIpc) is 2.93. The van der Waals surface area contributed by atoms with Gasteiger partial charge in [-0.15, -0.1) is 0 Å². The third-order valence-corrected chi connectivity index (χ3v) is 5.76. The third-order valence-electron chi connectivity index (χ3n) is 5.76. The number of carbonyl (C=O) groups excluding carboxylic acids is 1. The summed E-state index contributed by atoms with van der Waals surface area (Å²) >= 11 is 0. The van der Waals surface area contributed by atoms with Crippen molar-refractivity contribution in [2.24, 2.45) is 4.99 Å². The number of likely N-dealkylation sites (tertiary alicyclic amines) is 1. The molecule has 0 N–H and O–H groups in total. The number of fused-ring (bicyclic) bond motifs is 2. The van der Waals surface area contributed by atoms with Crippen molar-refractivity contribution in [3.8, 4) is 0 Å². The van der Waals surface area contributed by atoms with Gasteiger partial charge in [-0.05, 0) is 51.0 Å². The lowest BCUT2D eigenvalue weighted by molar-refractivity contribution is -0.130. The number of nitrogens with zero attached hydrogens (tertiary/aromatic N) is 4. The lowest BCUT2D eigenvalue weighted by atomic mass is 10.0.